The molecule has 2 heterocycles. The van der Waals surface area contributed by atoms with Crippen molar-refractivity contribution in [3.63, 3.8) is 0 Å². The number of anilines is 1. The molecular formula is C21H17FN4O. The number of pyridine rings is 1. The number of nitrogens with one attached hydrogen (secondary N) is 1. The first-order valence-corrected chi connectivity index (χ1v) is 8.43. The van der Waals surface area contributed by atoms with Crippen LogP contribution in [0.1, 0.15) is 0 Å². The van der Waals surface area contributed by atoms with Crippen molar-refractivity contribution in [2.24, 2.45) is 0 Å². The third-order valence-corrected chi connectivity index (χ3v) is 4.33. The Hall–Kier alpha value is -3.54. The fourth-order valence-electron chi connectivity index (χ4n) is 3.02. The van der Waals surface area contributed by atoms with Gasteiger partial charge in [0.2, 0.25) is 0 Å². The van der Waals surface area contributed by atoms with Crippen LogP contribution in [-0.4, -0.2) is 29.1 Å². The molecule has 1 N–H and O–H groups in total. The van der Waals surface area contributed by atoms with Crippen LogP contribution in [0.5, 0.6) is 5.75 Å². The Bertz CT molecular complexity index is 1120. The molecule has 5 nitrogen and oxygen atoms in total. The summed E-state index contributed by atoms with van der Waals surface area (Å²) in [4.78, 5) is 13.4. The maximum absolute atomic E-state index is 13.5. The van der Waals surface area contributed by atoms with Gasteiger partial charge in [-0.25, -0.2) is 14.4 Å². The van der Waals surface area contributed by atoms with E-state index in [9.17, 15) is 4.39 Å². The van der Waals surface area contributed by atoms with E-state index in [1.165, 1.54) is 19.2 Å². The molecule has 0 radical (unpaired) electrons. The van der Waals surface area contributed by atoms with Crippen molar-refractivity contribution in [1.29, 1.82) is 0 Å². The predicted molar refractivity (Wildman–Crippen MR) is 104 cm³/mol. The Morgan fingerprint density at radius 1 is 1.00 bits per heavy atom. The number of methoxy groups -OCH3 is 1. The van der Waals surface area contributed by atoms with Gasteiger partial charge in [0.15, 0.2) is 5.82 Å². The second kappa shape index (κ2) is 6.99. The molecule has 0 saturated carbocycles. The topological polar surface area (TPSA) is 59.9 Å². The van der Waals surface area contributed by atoms with E-state index < -0.39 is 0 Å². The number of hydrogen-bond acceptors (Lipinski definition) is 5. The minimum absolute atomic E-state index is 0.338. The Balaban J connectivity index is 1.91. The molecule has 134 valence electrons. The molecule has 6 heteroatoms. The van der Waals surface area contributed by atoms with Crippen LogP contribution >= 0.6 is 0 Å². The normalized spacial score (nSPS) is 10.8. The van der Waals surface area contributed by atoms with Gasteiger partial charge in [0, 0.05) is 42.0 Å². The van der Waals surface area contributed by atoms with Gasteiger partial charge in [0.1, 0.15) is 17.4 Å². The maximum atomic E-state index is 13.5. The number of rotatable bonds is 4. The molecular weight excluding hydrogens is 343 g/mol. The number of aromatic nitrogens is 3. The number of nitrogens with zero attached hydrogens (tertiary/aromatic N) is 3. The van der Waals surface area contributed by atoms with Crippen LogP contribution in [0.25, 0.3) is 33.4 Å². The average molecular weight is 360 g/mol. The number of halogens is 1. The fourth-order valence-corrected chi connectivity index (χ4v) is 3.02. The highest BCUT2D eigenvalue weighted by Crippen LogP contribution is 2.34. The molecule has 0 aliphatic heterocycles. The zero-order valence-electron chi connectivity index (χ0n) is 14.9. The van der Waals surface area contributed by atoms with Crippen LogP contribution in [0.2, 0.25) is 0 Å². The van der Waals surface area contributed by atoms with Gasteiger partial charge in [0.05, 0.1) is 12.6 Å². The Kier molecular flexibility index (Phi) is 4.38. The summed E-state index contributed by atoms with van der Waals surface area (Å²) in [6, 6.07) is 14.1. The lowest BCUT2D eigenvalue weighted by atomic mass is 10.0. The smallest absolute Gasteiger partial charge is 0.163 e. The summed E-state index contributed by atoms with van der Waals surface area (Å²) in [5.74, 6) is 1.46. The second-order valence-corrected chi connectivity index (χ2v) is 5.96. The highest BCUT2D eigenvalue weighted by molar-refractivity contribution is 5.93. The van der Waals surface area contributed by atoms with Crippen molar-refractivity contribution < 1.29 is 9.13 Å². The molecule has 0 aliphatic carbocycles. The molecule has 2 aromatic carbocycles. The molecule has 0 saturated heterocycles. The minimum Gasteiger partial charge on any atom is -0.496 e. The van der Waals surface area contributed by atoms with E-state index in [4.69, 9.17) is 9.72 Å². The predicted octanol–water partition coefficient (Wildman–Crippen LogP) is 4.55. The lowest BCUT2D eigenvalue weighted by molar-refractivity contribution is 0.413. The summed E-state index contributed by atoms with van der Waals surface area (Å²) in [7, 11) is 3.35. The van der Waals surface area contributed by atoms with Crippen LogP contribution in [0.3, 0.4) is 0 Å². The lowest BCUT2D eigenvalue weighted by Crippen LogP contribution is -1.99. The Labute approximate surface area is 155 Å². The first-order chi connectivity index (χ1) is 13.2. The standard InChI is InChI=1S/C21H17FN4O/c1-23-21-17-7-5-13(16-8-6-15(22)11-19(16)27-2)10-18(17)25-20(26-21)14-4-3-9-24-12-14/h3-12H,1-2H3,(H,23,25,26). The van der Waals surface area contributed by atoms with Gasteiger partial charge in [0.25, 0.3) is 0 Å². The molecule has 0 aliphatic rings. The summed E-state index contributed by atoms with van der Waals surface area (Å²) in [6.07, 6.45) is 3.44. The van der Waals surface area contributed by atoms with Gasteiger partial charge >= 0.3 is 0 Å². The van der Waals surface area contributed by atoms with Crippen LogP contribution < -0.4 is 10.1 Å². The van der Waals surface area contributed by atoms with E-state index in [0.717, 1.165) is 33.4 Å². The summed E-state index contributed by atoms with van der Waals surface area (Å²) in [5.41, 5.74) is 3.29. The molecule has 0 amide bonds. The molecule has 27 heavy (non-hydrogen) atoms. The SMILES string of the molecule is CNc1nc(-c2cccnc2)nc2cc(-c3ccc(F)cc3OC)ccc12. The van der Waals surface area contributed by atoms with E-state index in [2.05, 4.69) is 15.3 Å². The van der Waals surface area contributed by atoms with Crippen molar-refractivity contribution in [3.8, 4) is 28.3 Å². The largest absolute Gasteiger partial charge is 0.496 e. The molecule has 2 aromatic heterocycles. The lowest BCUT2D eigenvalue weighted by Gasteiger charge is -2.12. The molecule has 0 unspecified atom stereocenters. The molecule has 0 atom stereocenters. The van der Waals surface area contributed by atoms with Crippen LogP contribution in [-0.2, 0) is 0 Å². The van der Waals surface area contributed by atoms with Crippen molar-refractivity contribution in [1.82, 2.24) is 15.0 Å². The van der Waals surface area contributed by atoms with Crippen molar-refractivity contribution in [2.45, 2.75) is 0 Å². The Morgan fingerprint density at radius 2 is 1.89 bits per heavy atom. The van der Waals surface area contributed by atoms with Crippen molar-refractivity contribution in [2.75, 3.05) is 19.5 Å². The first-order valence-electron chi connectivity index (χ1n) is 8.43. The van der Waals surface area contributed by atoms with Crippen molar-refractivity contribution >= 4 is 16.7 Å². The van der Waals surface area contributed by atoms with E-state index in [-0.39, 0.29) is 5.82 Å². The second-order valence-electron chi connectivity index (χ2n) is 5.96. The Morgan fingerprint density at radius 3 is 2.63 bits per heavy atom. The van der Waals surface area contributed by atoms with Gasteiger partial charge in [-0.15, -0.1) is 0 Å². The third kappa shape index (κ3) is 3.17. The van der Waals surface area contributed by atoms with Crippen molar-refractivity contribution in [3.05, 3.63) is 66.7 Å². The molecule has 4 aromatic rings. The molecule has 0 bridgehead atoms. The van der Waals surface area contributed by atoms with E-state index in [1.807, 2.05) is 37.4 Å². The number of fused-ring (bicyclic) bond motifs is 1. The van der Waals surface area contributed by atoms with E-state index >= 15 is 0 Å². The molecule has 4 rings (SSSR count). The van der Waals surface area contributed by atoms with Crippen LogP contribution in [0.15, 0.2) is 60.9 Å². The summed E-state index contributed by atoms with van der Waals surface area (Å²) < 4.78 is 18.9. The third-order valence-electron chi connectivity index (χ3n) is 4.33. The quantitative estimate of drug-likeness (QED) is 0.579. The number of benzene rings is 2. The maximum Gasteiger partial charge on any atom is 0.163 e. The number of hydrogen-bond donors (Lipinski definition) is 1. The monoisotopic (exact) mass is 360 g/mol. The van der Waals surface area contributed by atoms with E-state index in [0.29, 0.717) is 11.6 Å². The summed E-state index contributed by atoms with van der Waals surface area (Å²) >= 11 is 0. The van der Waals surface area contributed by atoms with Gasteiger partial charge in [-0.2, -0.15) is 0 Å². The van der Waals surface area contributed by atoms with Gasteiger partial charge in [-0.3, -0.25) is 4.98 Å². The number of ether oxygens (including phenoxy) is 1. The van der Waals surface area contributed by atoms with Gasteiger partial charge in [-0.05, 0) is 42.0 Å². The highest BCUT2D eigenvalue weighted by atomic mass is 19.1. The molecule has 0 spiro atoms. The van der Waals surface area contributed by atoms with Crippen LogP contribution in [0, 0.1) is 5.82 Å². The minimum atomic E-state index is -0.338. The summed E-state index contributed by atoms with van der Waals surface area (Å²) in [5, 5.41) is 4.02. The first kappa shape index (κ1) is 16.9. The van der Waals surface area contributed by atoms with Gasteiger partial charge in [-0.1, -0.05) is 6.07 Å². The van der Waals surface area contributed by atoms with E-state index in [1.54, 1.807) is 18.5 Å². The fraction of sp³-hybridized carbons (Fsp3) is 0.0952. The zero-order chi connectivity index (χ0) is 18.8. The summed E-state index contributed by atoms with van der Waals surface area (Å²) in [6.45, 7) is 0. The molecule has 0 fully saturated rings. The van der Waals surface area contributed by atoms with Gasteiger partial charge < -0.3 is 10.1 Å². The van der Waals surface area contributed by atoms with Crippen LogP contribution in [0.4, 0.5) is 10.2 Å². The average Bonchev–Trinajstić information content (AvgIpc) is 2.73. The highest BCUT2D eigenvalue weighted by Gasteiger charge is 2.12. The zero-order valence-corrected chi connectivity index (χ0v) is 14.9.